The van der Waals surface area contributed by atoms with E-state index in [1.807, 2.05) is 35.9 Å². The molecule has 9 heteroatoms. The molecule has 1 aliphatic heterocycles. The Morgan fingerprint density at radius 3 is 2.44 bits per heavy atom. The molecule has 164 valence electrons. The van der Waals surface area contributed by atoms with Crippen molar-refractivity contribution >= 4 is 35.0 Å². The summed E-state index contributed by atoms with van der Waals surface area (Å²) in [6.07, 6.45) is 3.70. The number of hydrogen-bond acceptors (Lipinski definition) is 5. The van der Waals surface area contributed by atoms with Gasteiger partial charge in [-0.25, -0.2) is 4.98 Å². The molecule has 2 aromatic heterocycles. The van der Waals surface area contributed by atoms with Gasteiger partial charge in [-0.3, -0.25) is 24.1 Å². The topological polar surface area (TPSA) is 113 Å². The van der Waals surface area contributed by atoms with Crippen LogP contribution in [-0.4, -0.2) is 50.0 Å². The SMILES string of the molecule is Cc1cccn2cc(-c3ccc(NC(=O)C(=O)N[C@@H]4CC(=O)N(C(C)C)C4=O)cc3)nc12. The molecule has 0 unspecified atom stereocenters. The van der Waals surface area contributed by atoms with Gasteiger partial charge in [0.05, 0.1) is 12.1 Å². The second-order valence-electron chi connectivity index (χ2n) is 8.01. The maximum Gasteiger partial charge on any atom is 0.313 e. The number of hydrogen-bond donors (Lipinski definition) is 2. The standard InChI is InChI=1S/C23H23N5O4/c1-13(2)28-19(29)11-17(23(28)32)26-22(31)21(30)24-16-8-6-15(7-9-16)18-12-27-10-4-5-14(3)20(27)25-18/h4-10,12-13,17H,11H2,1-3H3,(H,24,30)(H,26,31)/t17-/m1/s1. The molecule has 32 heavy (non-hydrogen) atoms. The first-order valence-electron chi connectivity index (χ1n) is 10.3. The first-order chi connectivity index (χ1) is 15.2. The quantitative estimate of drug-likeness (QED) is 0.482. The molecule has 3 aromatic rings. The number of pyridine rings is 1. The van der Waals surface area contributed by atoms with Crippen LogP contribution >= 0.6 is 0 Å². The van der Waals surface area contributed by atoms with Gasteiger partial charge in [0.15, 0.2) is 0 Å². The average Bonchev–Trinajstić information content (AvgIpc) is 3.30. The maximum absolute atomic E-state index is 12.3. The van der Waals surface area contributed by atoms with Crippen LogP contribution in [0.4, 0.5) is 5.69 Å². The molecule has 1 aliphatic rings. The van der Waals surface area contributed by atoms with E-state index < -0.39 is 23.8 Å². The molecule has 9 nitrogen and oxygen atoms in total. The van der Waals surface area contributed by atoms with Gasteiger partial charge in [0.1, 0.15) is 11.7 Å². The van der Waals surface area contributed by atoms with Crippen LogP contribution in [0.25, 0.3) is 16.9 Å². The molecule has 4 rings (SSSR count). The van der Waals surface area contributed by atoms with Gasteiger partial charge in [0.25, 0.3) is 5.91 Å². The van der Waals surface area contributed by atoms with Crippen LogP contribution in [0.1, 0.15) is 25.8 Å². The van der Waals surface area contributed by atoms with Gasteiger partial charge in [-0.2, -0.15) is 0 Å². The molecule has 3 heterocycles. The molecule has 0 radical (unpaired) electrons. The average molecular weight is 433 g/mol. The highest BCUT2D eigenvalue weighted by atomic mass is 16.2. The van der Waals surface area contributed by atoms with Crippen molar-refractivity contribution in [3.63, 3.8) is 0 Å². The highest BCUT2D eigenvalue weighted by Gasteiger charge is 2.41. The summed E-state index contributed by atoms with van der Waals surface area (Å²) >= 11 is 0. The third-order valence-corrected chi connectivity index (χ3v) is 5.33. The van der Waals surface area contributed by atoms with Gasteiger partial charge in [0, 0.05) is 29.7 Å². The zero-order valence-corrected chi connectivity index (χ0v) is 18.0. The van der Waals surface area contributed by atoms with E-state index in [0.717, 1.165) is 27.4 Å². The van der Waals surface area contributed by atoms with Crippen molar-refractivity contribution in [1.82, 2.24) is 19.6 Å². The van der Waals surface area contributed by atoms with Crippen molar-refractivity contribution in [2.24, 2.45) is 0 Å². The number of rotatable bonds is 4. The molecule has 1 atom stereocenters. The number of nitrogens with one attached hydrogen (secondary N) is 2. The van der Waals surface area contributed by atoms with Crippen LogP contribution in [0, 0.1) is 6.92 Å². The van der Waals surface area contributed by atoms with E-state index in [1.54, 1.807) is 38.1 Å². The number of aryl methyl sites for hydroxylation is 1. The molecule has 4 amide bonds. The number of nitrogens with zero attached hydrogens (tertiary/aromatic N) is 3. The molecular formula is C23H23N5O4. The first-order valence-corrected chi connectivity index (χ1v) is 10.3. The van der Waals surface area contributed by atoms with E-state index in [-0.39, 0.29) is 18.4 Å². The van der Waals surface area contributed by atoms with Crippen LogP contribution in [0.2, 0.25) is 0 Å². The summed E-state index contributed by atoms with van der Waals surface area (Å²) in [4.78, 5) is 54.5. The lowest BCUT2D eigenvalue weighted by Gasteiger charge is -2.19. The van der Waals surface area contributed by atoms with Crippen LogP contribution < -0.4 is 10.6 Å². The van der Waals surface area contributed by atoms with E-state index in [1.165, 1.54) is 0 Å². The third-order valence-electron chi connectivity index (χ3n) is 5.33. The van der Waals surface area contributed by atoms with Gasteiger partial charge in [0.2, 0.25) is 5.91 Å². The number of amides is 4. The van der Waals surface area contributed by atoms with E-state index in [9.17, 15) is 19.2 Å². The minimum Gasteiger partial charge on any atom is -0.335 e. The van der Waals surface area contributed by atoms with Gasteiger partial charge < -0.3 is 15.0 Å². The van der Waals surface area contributed by atoms with Crippen LogP contribution in [0.3, 0.4) is 0 Å². The molecular weight excluding hydrogens is 410 g/mol. The number of carbonyl (C=O) groups excluding carboxylic acids is 4. The number of anilines is 1. The predicted octanol–water partition coefficient (Wildman–Crippen LogP) is 1.90. The van der Waals surface area contributed by atoms with Gasteiger partial charge in [-0.1, -0.05) is 18.2 Å². The first kappa shape index (κ1) is 21.2. The summed E-state index contributed by atoms with van der Waals surface area (Å²) in [6, 6.07) is 9.54. The summed E-state index contributed by atoms with van der Waals surface area (Å²) in [5.74, 6) is -2.75. The molecule has 0 bridgehead atoms. The number of likely N-dealkylation sites (tertiary alicyclic amines) is 1. The lowest BCUT2D eigenvalue weighted by atomic mass is 10.1. The van der Waals surface area contributed by atoms with Crippen molar-refractivity contribution in [2.75, 3.05) is 5.32 Å². The number of imidazole rings is 1. The van der Waals surface area contributed by atoms with E-state index in [2.05, 4.69) is 15.6 Å². The zero-order valence-electron chi connectivity index (χ0n) is 18.0. The minimum absolute atomic E-state index is 0.150. The highest BCUT2D eigenvalue weighted by molar-refractivity contribution is 6.40. The predicted molar refractivity (Wildman–Crippen MR) is 118 cm³/mol. The third kappa shape index (κ3) is 3.96. The van der Waals surface area contributed by atoms with E-state index in [0.29, 0.717) is 5.69 Å². The van der Waals surface area contributed by atoms with Crippen LogP contribution in [0.15, 0.2) is 48.8 Å². The Bertz CT molecular complexity index is 1230. The van der Waals surface area contributed by atoms with Gasteiger partial charge in [-0.15, -0.1) is 0 Å². The summed E-state index contributed by atoms with van der Waals surface area (Å²) in [6.45, 7) is 5.42. The number of fused-ring (bicyclic) bond motifs is 1. The number of imide groups is 1. The molecule has 0 aliphatic carbocycles. The highest BCUT2D eigenvalue weighted by Crippen LogP contribution is 2.22. The second kappa shape index (κ2) is 8.26. The number of carbonyl (C=O) groups is 4. The lowest BCUT2D eigenvalue weighted by Crippen LogP contribution is -2.47. The molecule has 2 N–H and O–H groups in total. The van der Waals surface area contributed by atoms with Gasteiger partial charge in [-0.05, 0) is 44.5 Å². The zero-order chi connectivity index (χ0) is 23.0. The molecule has 1 fully saturated rings. The van der Waals surface area contributed by atoms with Crippen molar-refractivity contribution in [2.45, 2.75) is 39.3 Å². The fourth-order valence-electron chi connectivity index (χ4n) is 3.74. The number of aromatic nitrogens is 2. The molecule has 1 saturated heterocycles. The van der Waals surface area contributed by atoms with Gasteiger partial charge >= 0.3 is 11.8 Å². The summed E-state index contributed by atoms with van der Waals surface area (Å²) < 4.78 is 1.94. The fourth-order valence-corrected chi connectivity index (χ4v) is 3.74. The van der Waals surface area contributed by atoms with Crippen LogP contribution in [-0.2, 0) is 19.2 Å². The minimum atomic E-state index is -1.02. The number of benzene rings is 1. The normalized spacial score (nSPS) is 16.1. The molecule has 1 aromatic carbocycles. The van der Waals surface area contributed by atoms with Crippen molar-refractivity contribution in [3.8, 4) is 11.3 Å². The lowest BCUT2D eigenvalue weighted by molar-refractivity contribution is -0.142. The molecule has 0 spiro atoms. The van der Waals surface area contributed by atoms with E-state index in [4.69, 9.17) is 0 Å². The fraction of sp³-hybridized carbons (Fsp3) is 0.261. The Morgan fingerprint density at radius 2 is 1.81 bits per heavy atom. The monoisotopic (exact) mass is 433 g/mol. The Balaban J connectivity index is 1.40. The Labute approximate surface area is 184 Å². The second-order valence-corrected chi connectivity index (χ2v) is 8.01. The summed E-state index contributed by atoms with van der Waals surface area (Å²) in [5.41, 5.74) is 4.00. The largest absolute Gasteiger partial charge is 0.335 e. The van der Waals surface area contributed by atoms with Crippen molar-refractivity contribution in [3.05, 3.63) is 54.4 Å². The Kier molecular flexibility index (Phi) is 5.48. The maximum atomic E-state index is 12.3. The molecule has 0 saturated carbocycles. The summed E-state index contributed by atoms with van der Waals surface area (Å²) in [7, 11) is 0. The summed E-state index contributed by atoms with van der Waals surface area (Å²) in [5, 5.41) is 4.85. The van der Waals surface area contributed by atoms with Crippen LogP contribution in [0.5, 0.6) is 0 Å². The smallest absolute Gasteiger partial charge is 0.313 e. The Hall–Kier alpha value is -4.01. The van der Waals surface area contributed by atoms with Crippen molar-refractivity contribution < 1.29 is 19.2 Å². The van der Waals surface area contributed by atoms with Crippen molar-refractivity contribution in [1.29, 1.82) is 0 Å². The van der Waals surface area contributed by atoms with E-state index >= 15 is 0 Å². The Morgan fingerprint density at radius 1 is 1.09 bits per heavy atom.